The molecule has 0 spiro atoms. The smallest absolute Gasteiger partial charge is 0.0705 e. The molecule has 2 atom stereocenters. The minimum Gasteiger partial charge on any atom is -0.330 e. The SMILES string of the molecule is CC1CC(CN)CN1Cc1ccnc2ccccc12. The topological polar surface area (TPSA) is 42.1 Å². The Kier molecular flexibility index (Phi) is 3.49. The third-order valence-electron chi connectivity index (χ3n) is 4.24. The second kappa shape index (κ2) is 5.27. The molecule has 19 heavy (non-hydrogen) atoms. The van der Waals surface area contributed by atoms with E-state index in [2.05, 4.69) is 41.1 Å². The van der Waals surface area contributed by atoms with E-state index < -0.39 is 0 Å². The Bertz CT molecular complexity index is 561. The number of pyridine rings is 1. The summed E-state index contributed by atoms with van der Waals surface area (Å²) < 4.78 is 0. The van der Waals surface area contributed by atoms with E-state index in [4.69, 9.17) is 5.73 Å². The lowest BCUT2D eigenvalue weighted by atomic mass is 10.1. The number of hydrogen-bond donors (Lipinski definition) is 1. The van der Waals surface area contributed by atoms with E-state index in [9.17, 15) is 0 Å². The van der Waals surface area contributed by atoms with Crippen LogP contribution in [0.15, 0.2) is 36.5 Å². The molecule has 1 saturated heterocycles. The maximum atomic E-state index is 5.81. The van der Waals surface area contributed by atoms with Crippen LogP contribution in [0.4, 0.5) is 0 Å². The highest BCUT2D eigenvalue weighted by Crippen LogP contribution is 2.26. The number of likely N-dealkylation sites (tertiary alicyclic amines) is 1. The van der Waals surface area contributed by atoms with E-state index in [0.717, 1.165) is 25.2 Å². The van der Waals surface area contributed by atoms with Gasteiger partial charge in [0, 0.05) is 30.7 Å². The number of nitrogens with zero attached hydrogens (tertiary/aromatic N) is 2. The molecule has 0 saturated carbocycles. The number of aromatic nitrogens is 1. The lowest BCUT2D eigenvalue weighted by Gasteiger charge is -2.21. The number of para-hydroxylation sites is 1. The van der Waals surface area contributed by atoms with E-state index in [0.29, 0.717) is 12.0 Å². The lowest BCUT2D eigenvalue weighted by molar-refractivity contribution is 0.257. The van der Waals surface area contributed by atoms with Crippen molar-refractivity contribution in [2.24, 2.45) is 11.7 Å². The maximum absolute atomic E-state index is 5.81. The van der Waals surface area contributed by atoms with E-state index in [-0.39, 0.29) is 0 Å². The van der Waals surface area contributed by atoms with Crippen molar-refractivity contribution in [1.29, 1.82) is 0 Å². The van der Waals surface area contributed by atoms with Crippen molar-refractivity contribution < 1.29 is 0 Å². The average molecular weight is 255 g/mol. The summed E-state index contributed by atoms with van der Waals surface area (Å²) in [7, 11) is 0. The molecule has 3 heteroatoms. The monoisotopic (exact) mass is 255 g/mol. The first-order valence-corrected chi connectivity index (χ1v) is 7.04. The van der Waals surface area contributed by atoms with Gasteiger partial charge < -0.3 is 5.73 Å². The molecule has 0 radical (unpaired) electrons. The summed E-state index contributed by atoms with van der Waals surface area (Å²) in [5.41, 5.74) is 8.26. The van der Waals surface area contributed by atoms with Crippen molar-refractivity contribution in [3.05, 3.63) is 42.1 Å². The predicted molar refractivity (Wildman–Crippen MR) is 78.8 cm³/mol. The highest BCUT2D eigenvalue weighted by Gasteiger charge is 2.28. The van der Waals surface area contributed by atoms with Crippen molar-refractivity contribution in [3.8, 4) is 0 Å². The van der Waals surface area contributed by atoms with Crippen LogP contribution in [-0.2, 0) is 6.54 Å². The molecule has 0 amide bonds. The molecule has 2 aromatic rings. The molecule has 1 aliphatic heterocycles. The Balaban J connectivity index is 1.86. The van der Waals surface area contributed by atoms with Crippen molar-refractivity contribution in [1.82, 2.24) is 9.88 Å². The molecule has 100 valence electrons. The molecule has 1 aromatic carbocycles. The Hall–Kier alpha value is -1.45. The van der Waals surface area contributed by atoms with Crippen molar-refractivity contribution >= 4 is 10.9 Å². The summed E-state index contributed by atoms with van der Waals surface area (Å²) >= 11 is 0. The van der Waals surface area contributed by atoms with E-state index in [1.165, 1.54) is 17.4 Å². The fraction of sp³-hybridized carbons (Fsp3) is 0.438. The first-order valence-electron chi connectivity index (χ1n) is 7.04. The molecule has 2 N–H and O–H groups in total. The van der Waals surface area contributed by atoms with Crippen LogP contribution >= 0.6 is 0 Å². The van der Waals surface area contributed by atoms with Gasteiger partial charge in [-0.25, -0.2) is 0 Å². The first-order chi connectivity index (χ1) is 9.28. The zero-order valence-corrected chi connectivity index (χ0v) is 11.4. The normalized spacial score (nSPS) is 24.1. The van der Waals surface area contributed by atoms with Gasteiger partial charge in [-0.2, -0.15) is 0 Å². The third-order valence-corrected chi connectivity index (χ3v) is 4.24. The summed E-state index contributed by atoms with van der Waals surface area (Å²) in [6.45, 7) is 5.23. The number of rotatable bonds is 3. The molecule has 1 aliphatic rings. The second-order valence-electron chi connectivity index (χ2n) is 5.60. The molecule has 1 aromatic heterocycles. The Morgan fingerprint density at radius 1 is 1.32 bits per heavy atom. The van der Waals surface area contributed by atoms with E-state index >= 15 is 0 Å². The highest BCUT2D eigenvalue weighted by molar-refractivity contribution is 5.81. The van der Waals surface area contributed by atoms with Gasteiger partial charge in [0.05, 0.1) is 5.52 Å². The predicted octanol–water partition coefficient (Wildman–Crippen LogP) is 2.40. The number of benzene rings is 1. The summed E-state index contributed by atoms with van der Waals surface area (Å²) in [6.07, 6.45) is 3.14. The van der Waals surface area contributed by atoms with Gasteiger partial charge in [0.1, 0.15) is 0 Å². The standard InChI is InChI=1S/C16H21N3/c1-12-8-13(9-17)10-19(12)11-14-6-7-18-16-5-3-2-4-15(14)16/h2-7,12-13H,8-11,17H2,1H3. The third kappa shape index (κ3) is 2.48. The molecule has 0 aliphatic carbocycles. The zero-order chi connectivity index (χ0) is 13.2. The molecule has 0 bridgehead atoms. The fourth-order valence-electron chi connectivity index (χ4n) is 3.12. The molecule has 2 unspecified atom stereocenters. The van der Waals surface area contributed by atoms with Gasteiger partial charge in [-0.1, -0.05) is 18.2 Å². The molecule has 1 fully saturated rings. The van der Waals surface area contributed by atoms with Crippen LogP contribution in [-0.4, -0.2) is 29.0 Å². The summed E-state index contributed by atoms with van der Waals surface area (Å²) in [5.74, 6) is 0.656. The highest BCUT2D eigenvalue weighted by atomic mass is 15.2. The maximum Gasteiger partial charge on any atom is 0.0705 e. The summed E-state index contributed by atoms with van der Waals surface area (Å²) in [4.78, 5) is 6.97. The van der Waals surface area contributed by atoms with Crippen LogP contribution in [0.5, 0.6) is 0 Å². The van der Waals surface area contributed by atoms with Crippen LogP contribution in [0.2, 0.25) is 0 Å². The van der Waals surface area contributed by atoms with Gasteiger partial charge >= 0.3 is 0 Å². The van der Waals surface area contributed by atoms with Crippen LogP contribution in [0.3, 0.4) is 0 Å². The zero-order valence-electron chi connectivity index (χ0n) is 11.4. The average Bonchev–Trinajstić information content (AvgIpc) is 2.80. The van der Waals surface area contributed by atoms with Gasteiger partial charge in [-0.3, -0.25) is 9.88 Å². The van der Waals surface area contributed by atoms with Gasteiger partial charge in [-0.05, 0) is 43.5 Å². The fourth-order valence-corrected chi connectivity index (χ4v) is 3.12. The van der Waals surface area contributed by atoms with Crippen LogP contribution in [0.25, 0.3) is 10.9 Å². The lowest BCUT2D eigenvalue weighted by Crippen LogP contribution is -2.27. The Labute approximate surface area is 114 Å². The molecular weight excluding hydrogens is 234 g/mol. The van der Waals surface area contributed by atoms with Crippen LogP contribution < -0.4 is 5.73 Å². The van der Waals surface area contributed by atoms with Gasteiger partial charge in [0.25, 0.3) is 0 Å². The van der Waals surface area contributed by atoms with Crippen molar-refractivity contribution in [2.75, 3.05) is 13.1 Å². The summed E-state index contributed by atoms with van der Waals surface area (Å²) in [5, 5.41) is 1.27. The minimum atomic E-state index is 0.625. The number of fused-ring (bicyclic) bond motifs is 1. The minimum absolute atomic E-state index is 0.625. The van der Waals surface area contributed by atoms with E-state index in [1.807, 2.05) is 12.3 Å². The first kappa shape index (κ1) is 12.6. The largest absolute Gasteiger partial charge is 0.330 e. The Morgan fingerprint density at radius 2 is 2.16 bits per heavy atom. The van der Waals surface area contributed by atoms with Gasteiger partial charge in [-0.15, -0.1) is 0 Å². The number of hydrogen-bond acceptors (Lipinski definition) is 3. The molecule has 3 rings (SSSR count). The molecule has 2 heterocycles. The molecular formula is C16H21N3. The van der Waals surface area contributed by atoms with Crippen LogP contribution in [0.1, 0.15) is 18.9 Å². The van der Waals surface area contributed by atoms with Crippen molar-refractivity contribution in [3.63, 3.8) is 0 Å². The summed E-state index contributed by atoms with van der Waals surface area (Å²) in [6, 6.07) is 11.1. The number of nitrogens with two attached hydrogens (primary N) is 1. The van der Waals surface area contributed by atoms with Crippen molar-refractivity contribution in [2.45, 2.75) is 25.9 Å². The van der Waals surface area contributed by atoms with Gasteiger partial charge in [0.15, 0.2) is 0 Å². The van der Waals surface area contributed by atoms with Crippen LogP contribution in [0, 0.1) is 5.92 Å². The van der Waals surface area contributed by atoms with E-state index in [1.54, 1.807) is 0 Å². The van der Waals surface area contributed by atoms with Gasteiger partial charge in [0.2, 0.25) is 0 Å². The second-order valence-corrected chi connectivity index (χ2v) is 5.60. The Morgan fingerprint density at radius 3 is 2.95 bits per heavy atom. The molecule has 3 nitrogen and oxygen atoms in total. The quantitative estimate of drug-likeness (QED) is 0.915.